The molecule has 0 amide bonds. The third-order valence-electron chi connectivity index (χ3n) is 0.681. The Balaban J connectivity index is 3.58. The number of halogens is 1. The molecule has 0 aliphatic heterocycles. The normalized spacial score (nSPS) is 8.29. The van der Waals surface area contributed by atoms with E-state index < -0.39 is 0 Å². The molecule has 0 spiro atoms. The summed E-state index contributed by atoms with van der Waals surface area (Å²) in [6.45, 7) is 5.44. The summed E-state index contributed by atoms with van der Waals surface area (Å²) in [5.41, 5.74) is 0.569. The van der Waals surface area contributed by atoms with Gasteiger partial charge in [0.05, 0.1) is 0 Å². The molecule has 0 saturated carbocycles. The van der Waals surface area contributed by atoms with E-state index in [1.165, 1.54) is 0 Å². The molecule has 0 aliphatic carbocycles. The second kappa shape index (κ2) is 2.97. The average molecular weight is 162 g/mol. The second-order valence-corrected chi connectivity index (χ2v) is 2.19. The Bertz CT molecular complexity index is 96.3. The maximum absolute atomic E-state index is 7.05. The Morgan fingerprint density at radius 1 is 1.86 bits per heavy atom. The topological polar surface area (TPSA) is 23.9 Å². The first kappa shape index (κ1) is 6.89. The lowest BCUT2D eigenvalue weighted by Gasteiger charge is -1.90. The molecule has 0 aromatic heterocycles. The largest absolute Gasteiger partial charge is 0.304 e. The lowest BCUT2D eigenvalue weighted by Crippen LogP contribution is -1.88. The highest BCUT2D eigenvalue weighted by Gasteiger charge is 1.90. The molecule has 0 aromatic carbocycles. The van der Waals surface area contributed by atoms with Crippen molar-refractivity contribution in [1.29, 1.82) is 5.41 Å². The van der Waals surface area contributed by atoms with E-state index in [1.807, 2.05) is 6.92 Å². The van der Waals surface area contributed by atoms with E-state index in [4.69, 9.17) is 5.41 Å². The zero-order valence-corrected chi connectivity index (χ0v) is 5.88. The van der Waals surface area contributed by atoms with E-state index >= 15 is 0 Å². The summed E-state index contributed by atoms with van der Waals surface area (Å²) in [5.74, 6) is 0. The lowest BCUT2D eigenvalue weighted by atomic mass is 10.3. The number of nitrogens with one attached hydrogen (secondary N) is 1. The van der Waals surface area contributed by atoms with Gasteiger partial charge in [0.25, 0.3) is 0 Å². The molecule has 0 aromatic rings. The van der Waals surface area contributed by atoms with Crippen LogP contribution in [0.15, 0.2) is 11.1 Å². The molecule has 2 heteroatoms. The molecule has 0 bridgehead atoms. The summed E-state index contributed by atoms with van der Waals surface area (Å²) < 4.78 is 0.690. The quantitative estimate of drug-likeness (QED) is 0.602. The van der Waals surface area contributed by atoms with Crippen LogP contribution in [-0.4, -0.2) is 5.71 Å². The molecule has 0 radical (unpaired) electrons. The summed E-state index contributed by atoms with van der Waals surface area (Å²) in [6.07, 6.45) is 0.754. The van der Waals surface area contributed by atoms with E-state index in [0.29, 0.717) is 10.2 Å². The lowest BCUT2D eigenvalue weighted by molar-refractivity contribution is 1.25. The summed E-state index contributed by atoms with van der Waals surface area (Å²) >= 11 is 3.08. The summed E-state index contributed by atoms with van der Waals surface area (Å²) in [6, 6.07) is 0. The molecule has 0 atom stereocenters. The highest BCUT2D eigenvalue weighted by Crippen LogP contribution is 2.03. The van der Waals surface area contributed by atoms with E-state index in [0.717, 1.165) is 6.42 Å². The Kier molecular flexibility index (Phi) is 2.92. The molecule has 0 heterocycles. The van der Waals surface area contributed by atoms with Gasteiger partial charge in [0, 0.05) is 10.2 Å². The zero-order valence-electron chi connectivity index (χ0n) is 4.29. The van der Waals surface area contributed by atoms with Crippen molar-refractivity contribution in [2.45, 2.75) is 13.3 Å². The molecule has 0 unspecified atom stereocenters. The van der Waals surface area contributed by atoms with E-state index in [9.17, 15) is 0 Å². The first-order valence-electron chi connectivity index (χ1n) is 2.10. The smallest absolute Gasteiger partial charge is 0.0447 e. The molecular formula is C5H8BrN. The second-order valence-electron chi connectivity index (χ2n) is 1.24. The minimum absolute atomic E-state index is 0.569. The Hall–Kier alpha value is -0.110. The van der Waals surface area contributed by atoms with E-state index in [-0.39, 0.29) is 0 Å². The van der Waals surface area contributed by atoms with E-state index in [2.05, 4.69) is 22.5 Å². The van der Waals surface area contributed by atoms with Crippen molar-refractivity contribution >= 4 is 21.6 Å². The third kappa shape index (κ3) is 2.57. The number of hydrogen-bond donors (Lipinski definition) is 1. The van der Waals surface area contributed by atoms with Gasteiger partial charge in [-0.3, -0.25) is 0 Å². The van der Waals surface area contributed by atoms with Crippen LogP contribution >= 0.6 is 15.9 Å². The fourth-order valence-electron chi connectivity index (χ4n) is 0.192. The van der Waals surface area contributed by atoms with Crippen LogP contribution in [-0.2, 0) is 0 Å². The van der Waals surface area contributed by atoms with Crippen LogP contribution in [0.4, 0.5) is 0 Å². The molecule has 40 valence electrons. The van der Waals surface area contributed by atoms with Crippen molar-refractivity contribution in [2.24, 2.45) is 0 Å². The minimum atomic E-state index is 0.569. The van der Waals surface area contributed by atoms with Gasteiger partial charge in [0.2, 0.25) is 0 Å². The average Bonchev–Trinajstić information content (AvgIpc) is 1.65. The van der Waals surface area contributed by atoms with Gasteiger partial charge in [0.1, 0.15) is 0 Å². The predicted molar refractivity (Wildman–Crippen MR) is 36.1 cm³/mol. The van der Waals surface area contributed by atoms with Crippen LogP contribution < -0.4 is 0 Å². The molecular weight excluding hydrogens is 154 g/mol. The van der Waals surface area contributed by atoms with Gasteiger partial charge in [-0.15, -0.1) is 0 Å². The van der Waals surface area contributed by atoms with Crippen molar-refractivity contribution < 1.29 is 0 Å². The fourth-order valence-corrected chi connectivity index (χ4v) is 0.472. The van der Waals surface area contributed by atoms with Crippen molar-refractivity contribution in [2.75, 3.05) is 0 Å². The molecule has 0 saturated heterocycles. The zero-order chi connectivity index (χ0) is 5.86. The third-order valence-corrected chi connectivity index (χ3v) is 1.16. The molecule has 0 fully saturated rings. The van der Waals surface area contributed by atoms with Crippen LogP contribution in [0.25, 0.3) is 0 Å². The monoisotopic (exact) mass is 161 g/mol. The Morgan fingerprint density at radius 3 is 2.29 bits per heavy atom. The van der Waals surface area contributed by atoms with Crippen LogP contribution in [0.2, 0.25) is 0 Å². The van der Waals surface area contributed by atoms with Crippen molar-refractivity contribution in [3.63, 3.8) is 0 Å². The summed E-state index contributed by atoms with van der Waals surface area (Å²) in [4.78, 5) is 0. The number of rotatable bonds is 2. The first-order chi connectivity index (χ1) is 3.18. The van der Waals surface area contributed by atoms with Crippen LogP contribution in [0.3, 0.4) is 0 Å². The molecule has 0 rings (SSSR count). The Labute approximate surface area is 52.1 Å². The van der Waals surface area contributed by atoms with Gasteiger partial charge in [-0.05, 0) is 22.4 Å². The van der Waals surface area contributed by atoms with Crippen molar-refractivity contribution in [1.82, 2.24) is 0 Å². The van der Waals surface area contributed by atoms with Gasteiger partial charge in [0.15, 0.2) is 0 Å². The van der Waals surface area contributed by atoms with Crippen molar-refractivity contribution in [3.8, 4) is 0 Å². The van der Waals surface area contributed by atoms with Gasteiger partial charge in [-0.25, -0.2) is 0 Å². The SMILES string of the molecule is C=C(Br)C(=N)CC. The van der Waals surface area contributed by atoms with Gasteiger partial charge in [-0.2, -0.15) is 0 Å². The summed E-state index contributed by atoms with van der Waals surface area (Å²) in [7, 11) is 0. The van der Waals surface area contributed by atoms with E-state index in [1.54, 1.807) is 0 Å². The van der Waals surface area contributed by atoms with Crippen LogP contribution in [0, 0.1) is 5.41 Å². The highest BCUT2D eigenvalue weighted by atomic mass is 79.9. The number of hydrogen-bond acceptors (Lipinski definition) is 1. The maximum atomic E-state index is 7.05. The predicted octanol–water partition coefficient (Wildman–Crippen LogP) is 2.32. The van der Waals surface area contributed by atoms with Crippen LogP contribution in [0.1, 0.15) is 13.3 Å². The van der Waals surface area contributed by atoms with Gasteiger partial charge < -0.3 is 5.41 Å². The summed E-state index contributed by atoms with van der Waals surface area (Å²) in [5, 5.41) is 7.05. The van der Waals surface area contributed by atoms with Gasteiger partial charge in [-0.1, -0.05) is 13.5 Å². The molecule has 1 N–H and O–H groups in total. The minimum Gasteiger partial charge on any atom is -0.304 e. The van der Waals surface area contributed by atoms with Crippen LogP contribution in [0.5, 0.6) is 0 Å². The van der Waals surface area contributed by atoms with Crippen molar-refractivity contribution in [3.05, 3.63) is 11.1 Å². The number of allylic oxidation sites excluding steroid dienone is 1. The molecule has 0 aliphatic rings. The highest BCUT2D eigenvalue weighted by molar-refractivity contribution is 9.12. The fraction of sp³-hybridized carbons (Fsp3) is 0.400. The van der Waals surface area contributed by atoms with Gasteiger partial charge >= 0.3 is 0 Å². The standard InChI is InChI=1S/C5H8BrN/c1-3-5(7)4(2)6/h7H,2-3H2,1H3. The Morgan fingerprint density at radius 2 is 2.29 bits per heavy atom. The maximum Gasteiger partial charge on any atom is 0.0447 e. The first-order valence-corrected chi connectivity index (χ1v) is 2.90. The molecule has 7 heavy (non-hydrogen) atoms. The molecule has 1 nitrogen and oxygen atoms in total.